The van der Waals surface area contributed by atoms with E-state index in [0.717, 1.165) is 34.2 Å². The summed E-state index contributed by atoms with van der Waals surface area (Å²) in [6, 6.07) is 9.87. The number of aromatic nitrogens is 1. The van der Waals surface area contributed by atoms with Crippen LogP contribution in [0.3, 0.4) is 0 Å². The summed E-state index contributed by atoms with van der Waals surface area (Å²) < 4.78 is 0. The van der Waals surface area contributed by atoms with Crippen LogP contribution in [-0.2, 0) is 16.0 Å². The predicted molar refractivity (Wildman–Crippen MR) is 137 cm³/mol. The average molecular weight is 501 g/mol. The van der Waals surface area contributed by atoms with Gasteiger partial charge in [0, 0.05) is 48.3 Å². The fourth-order valence-electron chi connectivity index (χ4n) is 6.04. The van der Waals surface area contributed by atoms with Gasteiger partial charge in [-0.25, -0.2) is 4.98 Å². The van der Waals surface area contributed by atoms with Crippen molar-refractivity contribution in [2.24, 2.45) is 16.7 Å². The van der Waals surface area contributed by atoms with E-state index in [1.54, 1.807) is 11.3 Å². The van der Waals surface area contributed by atoms with E-state index in [4.69, 9.17) is 4.98 Å². The first-order chi connectivity index (χ1) is 16.7. The van der Waals surface area contributed by atoms with E-state index in [9.17, 15) is 19.8 Å². The van der Waals surface area contributed by atoms with Crippen molar-refractivity contribution < 1.29 is 19.8 Å². The van der Waals surface area contributed by atoms with Crippen molar-refractivity contribution in [3.05, 3.63) is 40.9 Å². The average Bonchev–Trinajstić information content (AvgIpc) is 3.23. The number of rotatable bonds is 8. The molecular formula is C26H36N4O4S. The van der Waals surface area contributed by atoms with Crippen molar-refractivity contribution in [3.8, 4) is 0 Å². The number of thiazole rings is 1. The van der Waals surface area contributed by atoms with Gasteiger partial charge in [0.2, 0.25) is 11.8 Å². The number of hydrogen-bond donors (Lipinski definition) is 5. The van der Waals surface area contributed by atoms with Crippen molar-refractivity contribution >= 4 is 34.0 Å². The second-order valence-corrected chi connectivity index (χ2v) is 11.5. The summed E-state index contributed by atoms with van der Waals surface area (Å²) in [5.41, 5.74) is 0.949. The lowest BCUT2D eigenvalue weighted by molar-refractivity contribution is -0.144. The minimum absolute atomic E-state index is 0.0125. The number of aliphatic hydroxyl groups is 2. The molecule has 2 amide bonds. The number of carbonyl (C=O) groups excluding carboxylic acids is 2. The second kappa shape index (κ2) is 10.2. The van der Waals surface area contributed by atoms with Gasteiger partial charge in [-0.3, -0.25) is 9.59 Å². The monoisotopic (exact) mass is 500 g/mol. The molecule has 9 heteroatoms. The Kier molecular flexibility index (Phi) is 7.49. The number of para-hydroxylation sites is 1. The molecule has 2 aromatic rings. The van der Waals surface area contributed by atoms with Gasteiger partial charge in [0.25, 0.3) is 0 Å². The Morgan fingerprint density at radius 1 is 1.17 bits per heavy atom. The third kappa shape index (κ3) is 5.08. The van der Waals surface area contributed by atoms with Crippen molar-refractivity contribution in [2.75, 3.05) is 25.0 Å². The molecule has 1 heterocycles. The van der Waals surface area contributed by atoms with Gasteiger partial charge in [-0.1, -0.05) is 32.0 Å². The molecule has 5 N–H and O–H groups in total. The summed E-state index contributed by atoms with van der Waals surface area (Å²) >= 11 is 1.59. The minimum Gasteiger partial charge on any atom is -0.396 e. The quantitative estimate of drug-likeness (QED) is 0.355. The fourth-order valence-corrected chi connectivity index (χ4v) is 7.13. The van der Waals surface area contributed by atoms with Crippen LogP contribution in [0.5, 0.6) is 0 Å². The number of aliphatic hydroxyl groups excluding tert-OH is 2. The van der Waals surface area contributed by atoms with Gasteiger partial charge >= 0.3 is 0 Å². The normalized spacial score (nSPS) is 29.6. The van der Waals surface area contributed by atoms with Gasteiger partial charge in [-0.05, 0) is 42.7 Å². The molecule has 0 radical (unpaired) electrons. The van der Waals surface area contributed by atoms with E-state index in [0.29, 0.717) is 19.5 Å². The molecule has 35 heavy (non-hydrogen) atoms. The molecule has 1 fully saturated rings. The number of fused-ring (bicyclic) bond motifs is 2. The Bertz CT molecular complexity index is 1060. The molecule has 0 unspecified atom stereocenters. The SMILES string of the molecule is CC(=O)NCCNC(=O)C[C@@H]1c2nc(Nc3ccccc3)sc2C[C@@H]2[C@](C)(CO)[C@H](O)CC[C@]21C. The Labute approximate surface area is 210 Å². The Morgan fingerprint density at radius 3 is 2.57 bits per heavy atom. The zero-order chi connectivity index (χ0) is 25.2. The molecule has 0 bridgehead atoms. The number of carbonyl (C=O) groups is 2. The van der Waals surface area contributed by atoms with Gasteiger partial charge in [0.15, 0.2) is 5.13 Å². The maximum atomic E-state index is 13.0. The van der Waals surface area contributed by atoms with Crippen LogP contribution in [0.1, 0.15) is 56.5 Å². The first-order valence-corrected chi connectivity index (χ1v) is 13.1. The van der Waals surface area contributed by atoms with Crippen molar-refractivity contribution in [3.63, 3.8) is 0 Å². The lowest BCUT2D eigenvalue weighted by Crippen LogP contribution is -2.57. The molecule has 4 rings (SSSR count). The Balaban J connectivity index is 1.64. The van der Waals surface area contributed by atoms with E-state index in [1.165, 1.54) is 6.92 Å². The Hall–Kier alpha value is -2.49. The molecule has 190 valence electrons. The van der Waals surface area contributed by atoms with Crippen LogP contribution in [0.4, 0.5) is 10.8 Å². The summed E-state index contributed by atoms with van der Waals surface area (Å²) in [5.74, 6) is -0.344. The molecule has 0 saturated heterocycles. The van der Waals surface area contributed by atoms with Crippen LogP contribution in [-0.4, -0.2) is 52.8 Å². The molecule has 5 atom stereocenters. The maximum Gasteiger partial charge on any atom is 0.220 e. The van der Waals surface area contributed by atoms with Crippen molar-refractivity contribution in [1.82, 2.24) is 15.6 Å². The third-order valence-electron chi connectivity index (χ3n) is 8.13. The first kappa shape index (κ1) is 25.6. The molecule has 0 aliphatic heterocycles. The Morgan fingerprint density at radius 2 is 1.89 bits per heavy atom. The summed E-state index contributed by atoms with van der Waals surface area (Å²) in [6.45, 7) is 6.26. The molecule has 1 aromatic heterocycles. The predicted octanol–water partition coefficient (Wildman–Crippen LogP) is 2.94. The highest BCUT2D eigenvalue weighted by Crippen LogP contribution is 2.62. The topological polar surface area (TPSA) is 124 Å². The molecule has 8 nitrogen and oxygen atoms in total. The van der Waals surface area contributed by atoms with E-state index in [-0.39, 0.29) is 42.1 Å². The van der Waals surface area contributed by atoms with Crippen LogP contribution in [0.25, 0.3) is 0 Å². The summed E-state index contributed by atoms with van der Waals surface area (Å²) in [6.07, 6.45) is 1.74. The first-order valence-electron chi connectivity index (χ1n) is 12.3. The van der Waals surface area contributed by atoms with Gasteiger partial charge < -0.3 is 26.2 Å². The minimum atomic E-state index is -0.651. The number of benzene rings is 1. The molecule has 1 aromatic carbocycles. The standard InChI is InChI=1S/C26H36N4O4S/c1-16(32)27-11-12-28-22(34)13-18-23-19(35-24(30-23)29-17-7-5-4-6-8-17)14-20-25(18,2)10-9-21(33)26(20,3)15-31/h4-8,18,20-21,31,33H,9-15H2,1-3H3,(H,27,32)(H,28,34)(H,29,30)/t18-,20+,21-,25+,26+/m1/s1. The number of nitrogens with one attached hydrogen (secondary N) is 3. The molecule has 2 aliphatic carbocycles. The van der Waals surface area contributed by atoms with Gasteiger partial charge in [0.1, 0.15) is 0 Å². The van der Waals surface area contributed by atoms with Crippen LogP contribution in [0.15, 0.2) is 30.3 Å². The number of hydrogen-bond acceptors (Lipinski definition) is 7. The van der Waals surface area contributed by atoms with Crippen molar-refractivity contribution in [2.45, 2.75) is 58.5 Å². The lowest BCUT2D eigenvalue weighted by Gasteiger charge is -2.58. The van der Waals surface area contributed by atoms with E-state index in [1.807, 2.05) is 37.3 Å². The van der Waals surface area contributed by atoms with Crippen LogP contribution < -0.4 is 16.0 Å². The molecular weight excluding hydrogens is 464 g/mol. The largest absolute Gasteiger partial charge is 0.396 e. The van der Waals surface area contributed by atoms with Crippen LogP contribution >= 0.6 is 11.3 Å². The van der Waals surface area contributed by atoms with Crippen LogP contribution in [0.2, 0.25) is 0 Å². The lowest BCUT2D eigenvalue weighted by atomic mass is 9.47. The number of nitrogens with zero attached hydrogens (tertiary/aromatic N) is 1. The van der Waals surface area contributed by atoms with E-state index in [2.05, 4.69) is 22.9 Å². The van der Waals surface area contributed by atoms with Crippen molar-refractivity contribution in [1.29, 1.82) is 0 Å². The summed E-state index contributed by atoms with van der Waals surface area (Å²) in [5, 5.41) is 31.1. The highest BCUT2D eigenvalue weighted by atomic mass is 32.1. The van der Waals surface area contributed by atoms with Crippen LogP contribution in [0, 0.1) is 16.7 Å². The highest BCUT2D eigenvalue weighted by molar-refractivity contribution is 7.15. The molecule has 2 aliphatic rings. The van der Waals surface area contributed by atoms with Gasteiger partial charge in [-0.15, -0.1) is 11.3 Å². The summed E-state index contributed by atoms with van der Waals surface area (Å²) in [4.78, 5) is 30.2. The zero-order valence-electron chi connectivity index (χ0n) is 20.6. The summed E-state index contributed by atoms with van der Waals surface area (Å²) in [7, 11) is 0. The smallest absolute Gasteiger partial charge is 0.220 e. The number of amides is 2. The maximum absolute atomic E-state index is 13.0. The van der Waals surface area contributed by atoms with Gasteiger partial charge in [0.05, 0.1) is 18.4 Å². The zero-order valence-corrected chi connectivity index (χ0v) is 21.5. The molecule has 0 spiro atoms. The third-order valence-corrected chi connectivity index (χ3v) is 9.14. The highest BCUT2D eigenvalue weighted by Gasteiger charge is 2.59. The number of anilines is 2. The van der Waals surface area contributed by atoms with E-state index >= 15 is 0 Å². The molecule has 1 saturated carbocycles. The fraction of sp³-hybridized carbons (Fsp3) is 0.577. The van der Waals surface area contributed by atoms with E-state index < -0.39 is 11.5 Å². The van der Waals surface area contributed by atoms with Gasteiger partial charge in [-0.2, -0.15) is 0 Å². The second-order valence-electron chi connectivity index (χ2n) is 10.4.